The molecule has 3 aromatic rings. The first-order valence-corrected chi connectivity index (χ1v) is 7.15. The number of hydrogen-bond acceptors (Lipinski definition) is 3. The number of rotatable bonds is 1. The normalized spacial score (nSPS) is 10.9. The third-order valence-corrected chi connectivity index (χ3v) is 4.25. The number of nitrogens with zero attached hydrogens (tertiary/aromatic N) is 3. The third-order valence-electron chi connectivity index (χ3n) is 2.85. The van der Waals surface area contributed by atoms with E-state index in [1.165, 1.54) is 0 Å². The van der Waals surface area contributed by atoms with Gasteiger partial charge in [0.15, 0.2) is 5.82 Å². The first kappa shape index (κ1) is 12.7. The highest BCUT2D eigenvalue weighted by Gasteiger charge is 2.09. The molecular formula is C14H9ClIN3. The van der Waals surface area contributed by atoms with Crippen LogP contribution in [0.5, 0.6) is 0 Å². The number of para-hydroxylation sites is 1. The summed E-state index contributed by atoms with van der Waals surface area (Å²) in [5.41, 5.74) is 2.84. The summed E-state index contributed by atoms with van der Waals surface area (Å²) in [4.78, 5) is 13.2. The van der Waals surface area contributed by atoms with Gasteiger partial charge in [0, 0.05) is 11.6 Å². The van der Waals surface area contributed by atoms with Crippen LogP contribution in [0.3, 0.4) is 0 Å². The van der Waals surface area contributed by atoms with Gasteiger partial charge >= 0.3 is 0 Å². The van der Waals surface area contributed by atoms with Crippen molar-refractivity contribution in [3.8, 4) is 11.5 Å². The van der Waals surface area contributed by atoms with Crippen molar-refractivity contribution in [3.05, 3.63) is 50.8 Å². The van der Waals surface area contributed by atoms with Gasteiger partial charge in [-0.2, -0.15) is 0 Å². The number of aromatic nitrogens is 3. The molecule has 0 bridgehead atoms. The van der Waals surface area contributed by atoms with E-state index in [9.17, 15) is 0 Å². The van der Waals surface area contributed by atoms with Crippen molar-refractivity contribution in [2.75, 3.05) is 0 Å². The minimum Gasteiger partial charge on any atom is -0.244 e. The predicted molar refractivity (Wildman–Crippen MR) is 85.2 cm³/mol. The number of fused-ring (bicyclic) bond motifs is 1. The molecule has 0 amide bonds. The van der Waals surface area contributed by atoms with E-state index in [-0.39, 0.29) is 0 Å². The van der Waals surface area contributed by atoms with Crippen LogP contribution in [0.15, 0.2) is 36.5 Å². The van der Waals surface area contributed by atoms with Gasteiger partial charge in [-0.25, -0.2) is 15.0 Å². The molecule has 0 unspecified atom stereocenters. The average Bonchev–Trinajstić information content (AvgIpc) is 2.42. The first-order valence-electron chi connectivity index (χ1n) is 5.70. The highest BCUT2D eigenvalue weighted by Crippen LogP contribution is 2.24. The van der Waals surface area contributed by atoms with Crippen molar-refractivity contribution in [1.82, 2.24) is 15.0 Å². The Morgan fingerprint density at radius 1 is 1.16 bits per heavy atom. The lowest BCUT2D eigenvalue weighted by Crippen LogP contribution is -1.95. The zero-order valence-corrected chi connectivity index (χ0v) is 13.0. The summed E-state index contributed by atoms with van der Waals surface area (Å²) in [5, 5.41) is 1.60. The molecule has 0 saturated heterocycles. The molecule has 1 aromatic carbocycles. The van der Waals surface area contributed by atoms with Crippen molar-refractivity contribution in [3.63, 3.8) is 0 Å². The monoisotopic (exact) mass is 381 g/mol. The molecule has 2 aromatic heterocycles. The number of pyridine rings is 1. The molecule has 0 spiro atoms. The number of benzene rings is 1. The van der Waals surface area contributed by atoms with E-state index >= 15 is 0 Å². The fourth-order valence-electron chi connectivity index (χ4n) is 1.93. The molecule has 3 rings (SSSR count). The molecule has 0 radical (unpaired) electrons. The SMILES string of the molecule is Cc1cc(-c2ncc(I)c(Cl)n2)nc2ccccc12. The van der Waals surface area contributed by atoms with Gasteiger partial charge in [0.25, 0.3) is 0 Å². The Balaban J connectivity index is 2.22. The molecule has 3 nitrogen and oxygen atoms in total. The summed E-state index contributed by atoms with van der Waals surface area (Å²) in [6.45, 7) is 2.06. The Labute approximate surface area is 129 Å². The van der Waals surface area contributed by atoms with Crippen LogP contribution in [0.2, 0.25) is 5.15 Å². The molecule has 0 fully saturated rings. The Hall–Kier alpha value is -1.27. The summed E-state index contributed by atoms with van der Waals surface area (Å²) in [6, 6.07) is 10.0. The van der Waals surface area contributed by atoms with Crippen molar-refractivity contribution in [1.29, 1.82) is 0 Å². The van der Waals surface area contributed by atoms with Crippen LogP contribution in [-0.2, 0) is 0 Å². The van der Waals surface area contributed by atoms with Crippen LogP contribution >= 0.6 is 34.2 Å². The van der Waals surface area contributed by atoms with E-state index in [1.807, 2.05) is 24.3 Å². The minimum atomic E-state index is 0.457. The van der Waals surface area contributed by atoms with Gasteiger partial charge in [-0.15, -0.1) is 0 Å². The Morgan fingerprint density at radius 2 is 1.95 bits per heavy atom. The summed E-state index contributed by atoms with van der Waals surface area (Å²) in [7, 11) is 0. The van der Waals surface area contributed by atoms with Crippen molar-refractivity contribution >= 4 is 45.1 Å². The third kappa shape index (κ3) is 2.42. The van der Waals surface area contributed by atoms with E-state index in [4.69, 9.17) is 11.6 Å². The fraction of sp³-hybridized carbons (Fsp3) is 0.0714. The summed E-state index contributed by atoms with van der Waals surface area (Å²) in [5.74, 6) is 0.555. The standard InChI is InChI=1S/C14H9ClIN3/c1-8-6-12(14-17-7-10(16)13(15)19-14)18-11-5-3-2-4-9(8)11/h2-7H,1H3. The molecule has 0 aliphatic rings. The smallest absolute Gasteiger partial charge is 0.179 e. The van der Waals surface area contributed by atoms with Crippen LogP contribution in [0.1, 0.15) is 5.56 Å². The molecule has 0 N–H and O–H groups in total. The van der Waals surface area contributed by atoms with E-state index in [0.717, 1.165) is 25.7 Å². The lowest BCUT2D eigenvalue weighted by molar-refractivity contribution is 1.13. The molecule has 19 heavy (non-hydrogen) atoms. The maximum Gasteiger partial charge on any atom is 0.179 e. The molecular weight excluding hydrogens is 373 g/mol. The van der Waals surface area contributed by atoms with Crippen LogP contribution in [-0.4, -0.2) is 15.0 Å². The summed E-state index contributed by atoms with van der Waals surface area (Å²) in [6.07, 6.45) is 1.71. The maximum absolute atomic E-state index is 6.04. The first-order chi connectivity index (χ1) is 9.15. The van der Waals surface area contributed by atoms with Crippen LogP contribution < -0.4 is 0 Å². The Bertz CT molecular complexity index is 774. The lowest BCUT2D eigenvalue weighted by atomic mass is 10.1. The summed E-state index contributed by atoms with van der Waals surface area (Å²) >= 11 is 8.14. The number of hydrogen-bond donors (Lipinski definition) is 0. The van der Waals surface area contributed by atoms with Crippen LogP contribution in [0.4, 0.5) is 0 Å². The quantitative estimate of drug-likeness (QED) is 0.467. The van der Waals surface area contributed by atoms with E-state index in [1.54, 1.807) is 6.20 Å². The second-order valence-electron chi connectivity index (χ2n) is 4.17. The van der Waals surface area contributed by atoms with E-state index in [0.29, 0.717) is 11.0 Å². The van der Waals surface area contributed by atoms with Crippen molar-refractivity contribution in [2.24, 2.45) is 0 Å². The van der Waals surface area contributed by atoms with Gasteiger partial charge in [0.05, 0.1) is 9.09 Å². The minimum absolute atomic E-state index is 0.457. The maximum atomic E-state index is 6.04. The molecule has 2 heterocycles. The van der Waals surface area contributed by atoms with Gasteiger partial charge in [-0.1, -0.05) is 29.8 Å². The fourth-order valence-corrected chi connectivity index (χ4v) is 2.32. The van der Waals surface area contributed by atoms with Gasteiger partial charge in [-0.05, 0) is 47.2 Å². The lowest BCUT2D eigenvalue weighted by Gasteiger charge is -2.06. The molecule has 0 aliphatic carbocycles. The van der Waals surface area contributed by atoms with Crippen LogP contribution in [0, 0.1) is 10.5 Å². The topological polar surface area (TPSA) is 38.7 Å². The highest BCUT2D eigenvalue weighted by atomic mass is 127. The van der Waals surface area contributed by atoms with Gasteiger partial charge < -0.3 is 0 Å². The summed E-state index contributed by atoms with van der Waals surface area (Å²) < 4.78 is 0.834. The second-order valence-corrected chi connectivity index (χ2v) is 5.69. The van der Waals surface area contributed by atoms with Gasteiger partial charge in [-0.3, -0.25) is 0 Å². The number of aryl methyl sites for hydroxylation is 1. The molecule has 0 atom stereocenters. The number of halogens is 2. The van der Waals surface area contributed by atoms with Crippen molar-refractivity contribution in [2.45, 2.75) is 6.92 Å². The Morgan fingerprint density at radius 3 is 2.74 bits per heavy atom. The van der Waals surface area contributed by atoms with E-state index < -0.39 is 0 Å². The van der Waals surface area contributed by atoms with Crippen molar-refractivity contribution < 1.29 is 0 Å². The zero-order valence-electron chi connectivity index (χ0n) is 10.1. The molecule has 5 heteroatoms. The van der Waals surface area contributed by atoms with Gasteiger partial charge in [0.1, 0.15) is 10.8 Å². The highest BCUT2D eigenvalue weighted by molar-refractivity contribution is 14.1. The van der Waals surface area contributed by atoms with E-state index in [2.05, 4.69) is 50.5 Å². The largest absolute Gasteiger partial charge is 0.244 e. The molecule has 0 saturated carbocycles. The predicted octanol–water partition coefficient (Wildman–Crippen LogP) is 4.26. The van der Waals surface area contributed by atoms with Gasteiger partial charge in [0.2, 0.25) is 0 Å². The molecule has 0 aliphatic heterocycles. The second kappa shape index (κ2) is 5.02. The molecule has 94 valence electrons. The van der Waals surface area contributed by atoms with Crippen LogP contribution in [0.25, 0.3) is 22.4 Å². The zero-order chi connectivity index (χ0) is 13.4. The Kier molecular flexibility index (Phi) is 3.36. The average molecular weight is 382 g/mol.